The van der Waals surface area contributed by atoms with Crippen molar-refractivity contribution in [3.63, 3.8) is 0 Å². The van der Waals surface area contributed by atoms with E-state index in [9.17, 15) is 9.59 Å². The fraction of sp³-hybridized carbons (Fsp3) is 0.800. The maximum Gasteiger partial charge on any atom is 0.155 e. The molecular weight excluding hydrogens is 288 g/mol. The Labute approximate surface area is 138 Å². The number of fused-ring (bicyclic) bond motifs is 5. The van der Waals surface area contributed by atoms with Crippen LogP contribution in [-0.2, 0) is 14.3 Å². The highest BCUT2D eigenvalue weighted by Crippen LogP contribution is 2.67. The van der Waals surface area contributed by atoms with Gasteiger partial charge >= 0.3 is 0 Å². The topological polar surface area (TPSA) is 43.4 Å². The Kier molecular flexibility index (Phi) is 3.23. The summed E-state index contributed by atoms with van der Waals surface area (Å²) in [5.41, 5.74) is 0.951. The molecule has 0 aliphatic heterocycles. The van der Waals surface area contributed by atoms with Gasteiger partial charge in [-0.1, -0.05) is 19.4 Å². The molecule has 0 aromatic carbocycles. The molecule has 0 aromatic rings. The summed E-state index contributed by atoms with van der Waals surface area (Å²) in [4.78, 5) is 24.4. The minimum absolute atomic E-state index is 0.0362. The van der Waals surface area contributed by atoms with Crippen LogP contribution in [0.15, 0.2) is 11.6 Å². The highest BCUT2D eigenvalue weighted by atomic mass is 16.5. The fourth-order valence-electron chi connectivity index (χ4n) is 6.72. The van der Waals surface area contributed by atoms with Crippen molar-refractivity contribution < 1.29 is 14.3 Å². The van der Waals surface area contributed by atoms with Crippen LogP contribution in [0.5, 0.6) is 0 Å². The van der Waals surface area contributed by atoms with Gasteiger partial charge in [0.15, 0.2) is 5.78 Å². The van der Waals surface area contributed by atoms with E-state index in [1.165, 1.54) is 5.57 Å². The molecule has 3 saturated carbocycles. The molecule has 0 amide bonds. The molecule has 4 aliphatic carbocycles. The van der Waals surface area contributed by atoms with Crippen LogP contribution in [0.1, 0.15) is 65.2 Å². The zero-order chi connectivity index (χ0) is 16.5. The molecule has 0 N–H and O–H groups in total. The fourth-order valence-corrected chi connectivity index (χ4v) is 6.72. The van der Waals surface area contributed by atoms with Crippen LogP contribution in [0.2, 0.25) is 0 Å². The molecule has 0 bridgehead atoms. The van der Waals surface area contributed by atoms with Crippen molar-refractivity contribution in [3.8, 4) is 0 Å². The van der Waals surface area contributed by atoms with Crippen LogP contribution in [-0.4, -0.2) is 24.3 Å². The Morgan fingerprint density at radius 2 is 1.74 bits per heavy atom. The predicted octanol–water partition coefficient (Wildman–Crippen LogP) is 3.86. The highest BCUT2D eigenvalue weighted by Gasteiger charge is 2.66. The van der Waals surface area contributed by atoms with Gasteiger partial charge in [0.1, 0.15) is 5.78 Å². The minimum Gasteiger partial charge on any atom is -0.377 e. The van der Waals surface area contributed by atoms with Crippen LogP contribution in [0, 0.1) is 22.7 Å². The third-order valence-electron chi connectivity index (χ3n) is 8.18. The van der Waals surface area contributed by atoms with Crippen LogP contribution in [0.3, 0.4) is 0 Å². The molecule has 3 nitrogen and oxygen atoms in total. The van der Waals surface area contributed by atoms with Gasteiger partial charge in [-0.2, -0.15) is 0 Å². The van der Waals surface area contributed by atoms with Gasteiger partial charge in [0.05, 0.1) is 5.60 Å². The predicted molar refractivity (Wildman–Crippen MR) is 88.0 cm³/mol. The van der Waals surface area contributed by atoms with Crippen molar-refractivity contribution >= 4 is 11.6 Å². The average molecular weight is 316 g/mol. The largest absolute Gasteiger partial charge is 0.377 e. The van der Waals surface area contributed by atoms with Gasteiger partial charge in [-0.15, -0.1) is 0 Å². The average Bonchev–Trinajstić information content (AvgIpc) is 2.83. The molecule has 0 spiro atoms. The number of hydrogen-bond acceptors (Lipinski definition) is 3. The van der Waals surface area contributed by atoms with E-state index < -0.39 is 0 Å². The first kappa shape index (κ1) is 15.6. The van der Waals surface area contributed by atoms with Gasteiger partial charge in [-0.3, -0.25) is 9.59 Å². The quantitative estimate of drug-likeness (QED) is 0.738. The summed E-state index contributed by atoms with van der Waals surface area (Å²) in [6.45, 7) is 4.52. The highest BCUT2D eigenvalue weighted by molar-refractivity contribution is 5.92. The van der Waals surface area contributed by atoms with Gasteiger partial charge in [-0.05, 0) is 56.4 Å². The van der Waals surface area contributed by atoms with Gasteiger partial charge in [0, 0.05) is 30.8 Å². The lowest BCUT2D eigenvalue weighted by Gasteiger charge is -2.63. The van der Waals surface area contributed by atoms with E-state index in [2.05, 4.69) is 13.8 Å². The van der Waals surface area contributed by atoms with Crippen molar-refractivity contribution in [2.45, 2.75) is 70.8 Å². The number of methoxy groups -OCH3 is 1. The summed E-state index contributed by atoms with van der Waals surface area (Å²) in [6.07, 6.45) is 9.18. The first-order chi connectivity index (χ1) is 10.9. The first-order valence-electron chi connectivity index (χ1n) is 9.20. The third kappa shape index (κ3) is 1.75. The molecule has 0 aromatic heterocycles. The SMILES string of the molecule is CO[C@]12CC[C@]3(C)C(=O)CCC3C1CCC1=CC(=O)CC[C@@]12C. The summed E-state index contributed by atoms with van der Waals surface area (Å²) >= 11 is 0. The lowest BCUT2D eigenvalue weighted by molar-refractivity contribution is -0.204. The standard InChI is InChI=1S/C20H28O3/c1-18-10-11-20(23-3)16(15(18)6-7-17(18)22)5-4-13-12-14(21)8-9-19(13,20)2/h12,15-16H,4-11H2,1-3H3/t15?,16?,18-,19-,20+/m0/s1. The van der Waals surface area contributed by atoms with E-state index in [0.29, 0.717) is 24.0 Å². The number of ketones is 2. The normalized spacial score (nSPS) is 49.3. The van der Waals surface area contributed by atoms with Crippen LogP contribution >= 0.6 is 0 Å². The van der Waals surface area contributed by atoms with Gasteiger partial charge in [0.2, 0.25) is 0 Å². The molecule has 23 heavy (non-hydrogen) atoms. The number of Topliss-reactive ketones (excluding diaryl/α,β-unsaturated/α-hetero) is 1. The first-order valence-corrected chi connectivity index (χ1v) is 9.20. The van der Waals surface area contributed by atoms with Crippen molar-refractivity contribution in [3.05, 3.63) is 11.6 Å². The summed E-state index contributed by atoms with van der Waals surface area (Å²) in [5, 5.41) is 0. The molecule has 4 rings (SSSR count). The minimum atomic E-state index is -0.188. The van der Waals surface area contributed by atoms with Crippen LogP contribution in [0.25, 0.3) is 0 Å². The van der Waals surface area contributed by atoms with Crippen molar-refractivity contribution in [1.29, 1.82) is 0 Å². The molecule has 0 saturated heterocycles. The Morgan fingerprint density at radius 3 is 2.48 bits per heavy atom. The zero-order valence-corrected chi connectivity index (χ0v) is 14.6. The summed E-state index contributed by atoms with van der Waals surface area (Å²) < 4.78 is 6.32. The summed E-state index contributed by atoms with van der Waals surface area (Å²) in [7, 11) is 1.86. The molecule has 0 heterocycles. The Bertz CT molecular complexity index is 606. The molecule has 2 unspecified atom stereocenters. The van der Waals surface area contributed by atoms with Crippen LogP contribution in [0.4, 0.5) is 0 Å². The lowest BCUT2D eigenvalue weighted by atomic mass is 9.45. The summed E-state index contributed by atoms with van der Waals surface area (Å²) in [5.74, 6) is 1.66. The van der Waals surface area contributed by atoms with E-state index in [4.69, 9.17) is 4.74 Å². The van der Waals surface area contributed by atoms with Crippen LogP contribution < -0.4 is 0 Å². The third-order valence-corrected chi connectivity index (χ3v) is 8.18. The van der Waals surface area contributed by atoms with Gasteiger partial charge < -0.3 is 4.74 Å². The molecular formula is C20H28O3. The second-order valence-electron chi connectivity index (χ2n) is 8.69. The molecule has 126 valence electrons. The maximum atomic E-state index is 12.5. The maximum absolute atomic E-state index is 12.5. The Morgan fingerprint density at radius 1 is 1.00 bits per heavy atom. The van der Waals surface area contributed by atoms with Crippen molar-refractivity contribution in [2.75, 3.05) is 7.11 Å². The number of ether oxygens (including phenoxy) is 1. The van der Waals surface area contributed by atoms with E-state index in [1.54, 1.807) is 0 Å². The Hall–Kier alpha value is -0.960. The Balaban J connectivity index is 1.81. The van der Waals surface area contributed by atoms with E-state index in [1.807, 2.05) is 13.2 Å². The number of carbonyl (C=O) groups excluding carboxylic acids is 2. The lowest BCUT2D eigenvalue weighted by Crippen LogP contribution is -2.64. The molecule has 4 aliphatic rings. The second-order valence-corrected chi connectivity index (χ2v) is 8.69. The number of hydrogen-bond donors (Lipinski definition) is 0. The second kappa shape index (κ2) is 4.78. The molecule has 3 fully saturated rings. The van der Waals surface area contributed by atoms with Crippen molar-refractivity contribution in [1.82, 2.24) is 0 Å². The number of carbonyl (C=O) groups is 2. The van der Waals surface area contributed by atoms with E-state index in [-0.39, 0.29) is 22.2 Å². The molecule has 3 heteroatoms. The zero-order valence-electron chi connectivity index (χ0n) is 14.6. The van der Waals surface area contributed by atoms with E-state index >= 15 is 0 Å². The molecule has 5 atom stereocenters. The van der Waals surface area contributed by atoms with E-state index in [0.717, 1.165) is 44.9 Å². The smallest absolute Gasteiger partial charge is 0.155 e. The number of rotatable bonds is 1. The summed E-state index contributed by atoms with van der Waals surface area (Å²) in [6, 6.07) is 0. The van der Waals surface area contributed by atoms with Gasteiger partial charge in [-0.25, -0.2) is 0 Å². The van der Waals surface area contributed by atoms with Crippen molar-refractivity contribution in [2.24, 2.45) is 22.7 Å². The monoisotopic (exact) mass is 316 g/mol. The van der Waals surface area contributed by atoms with Gasteiger partial charge in [0.25, 0.3) is 0 Å². The molecule has 0 radical (unpaired) electrons.